The van der Waals surface area contributed by atoms with E-state index < -0.39 is 0 Å². The highest BCUT2D eigenvalue weighted by atomic mass is 16.5. The molecule has 3 aromatic carbocycles. The van der Waals surface area contributed by atoms with E-state index in [0.29, 0.717) is 47.3 Å². The number of benzene rings is 3. The molecule has 36 heavy (non-hydrogen) atoms. The standard InChI is InChI=1S/C28H31NO7/c1-31-20-7-9-21(10-8-20)36-17-23-22-16-27(35-5)26(34-4)14-18(22)12-13-29(23)28(30)19-6-11-24(32-2)25(15-19)33-3/h6-11,14-16,23H,12-13,17H2,1-5H3/t23-/m1/s1. The van der Waals surface area contributed by atoms with E-state index >= 15 is 0 Å². The Morgan fingerprint density at radius 3 is 2.00 bits per heavy atom. The first-order chi connectivity index (χ1) is 17.5. The Hall–Kier alpha value is -4.07. The quantitative estimate of drug-likeness (QED) is 0.433. The van der Waals surface area contributed by atoms with Crippen molar-refractivity contribution in [3.05, 3.63) is 71.3 Å². The van der Waals surface area contributed by atoms with E-state index in [9.17, 15) is 4.79 Å². The molecule has 8 heteroatoms. The van der Waals surface area contributed by atoms with Gasteiger partial charge in [0.25, 0.3) is 5.91 Å². The summed E-state index contributed by atoms with van der Waals surface area (Å²) in [6, 6.07) is 16.1. The van der Waals surface area contributed by atoms with Crippen molar-refractivity contribution in [3.8, 4) is 34.5 Å². The Kier molecular flexibility index (Phi) is 7.73. The van der Waals surface area contributed by atoms with Gasteiger partial charge in [0.2, 0.25) is 0 Å². The van der Waals surface area contributed by atoms with E-state index in [1.807, 2.05) is 41.3 Å². The van der Waals surface area contributed by atoms with Gasteiger partial charge in [0, 0.05) is 12.1 Å². The molecule has 0 N–H and O–H groups in total. The number of carbonyl (C=O) groups excluding carboxylic acids is 1. The van der Waals surface area contributed by atoms with Crippen molar-refractivity contribution < 1.29 is 33.2 Å². The lowest BCUT2D eigenvalue weighted by molar-refractivity contribution is 0.0589. The monoisotopic (exact) mass is 493 g/mol. The van der Waals surface area contributed by atoms with Crippen molar-refractivity contribution in [2.24, 2.45) is 0 Å². The van der Waals surface area contributed by atoms with Gasteiger partial charge in [-0.2, -0.15) is 0 Å². The smallest absolute Gasteiger partial charge is 0.254 e. The zero-order valence-electron chi connectivity index (χ0n) is 21.2. The number of fused-ring (bicyclic) bond motifs is 1. The third-order valence-corrected chi connectivity index (χ3v) is 6.36. The molecule has 3 aromatic rings. The molecular formula is C28H31NO7. The van der Waals surface area contributed by atoms with Crippen LogP contribution in [0.3, 0.4) is 0 Å². The number of nitrogens with zero attached hydrogens (tertiary/aromatic N) is 1. The fourth-order valence-electron chi connectivity index (χ4n) is 4.43. The number of carbonyl (C=O) groups is 1. The van der Waals surface area contributed by atoms with Gasteiger partial charge in [-0.25, -0.2) is 0 Å². The third-order valence-electron chi connectivity index (χ3n) is 6.36. The van der Waals surface area contributed by atoms with Crippen LogP contribution in [-0.2, 0) is 6.42 Å². The molecule has 0 aromatic heterocycles. The van der Waals surface area contributed by atoms with Gasteiger partial charge in [0.05, 0.1) is 41.6 Å². The van der Waals surface area contributed by atoms with Gasteiger partial charge in [-0.15, -0.1) is 0 Å². The normalized spacial score (nSPS) is 14.5. The molecule has 4 rings (SSSR count). The van der Waals surface area contributed by atoms with E-state index in [2.05, 4.69) is 0 Å². The van der Waals surface area contributed by atoms with Crippen molar-refractivity contribution in [3.63, 3.8) is 0 Å². The summed E-state index contributed by atoms with van der Waals surface area (Å²) in [5.41, 5.74) is 2.56. The summed E-state index contributed by atoms with van der Waals surface area (Å²) < 4.78 is 33.2. The molecule has 8 nitrogen and oxygen atoms in total. The molecule has 1 aliphatic rings. The van der Waals surface area contributed by atoms with E-state index in [1.54, 1.807) is 53.7 Å². The lowest BCUT2D eigenvalue weighted by Gasteiger charge is -2.37. The van der Waals surface area contributed by atoms with Gasteiger partial charge in [0.1, 0.15) is 18.1 Å². The number of hydrogen-bond donors (Lipinski definition) is 0. The summed E-state index contributed by atoms with van der Waals surface area (Å²) >= 11 is 0. The second kappa shape index (κ2) is 11.1. The predicted octanol–water partition coefficient (Wildman–Crippen LogP) is 4.55. The van der Waals surface area contributed by atoms with Crippen molar-refractivity contribution >= 4 is 5.91 Å². The van der Waals surface area contributed by atoms with Crippen LogP contribution < -0.4 is 28.4 Å². The SMILES string of the molecule is COc1ccc(OC[C@@H]2c3cc(OC)c(OC)cc3CCN2C(=O)c2ccc(OC)c(OC)c2)cc1. The summed E-state index contributed by atoms with van der Waals surface area (Å²) in [5.74, 6) is 3.62. The molecule has 0 saturated heterocycles. The minimum absolute atomic E-state index is 0.125. The number of rotatable bonds is 9. The number of hydrogen-bond acceptors (Lipinski definition) is 7. The molecule has 0 aliphatic carbocycles. The van der Waals surface area contributed by atoms with Crippen LogP contribution >= 0.6 is 0 Å². The summed E-state index contributed by atoms with van der Waals surface area (Å²) in [5, 5.41) is 0. The molecule has 0 spiro atoms. The molecule has 1 heterocycles. The van der Waals surface area contributed by atoms with E-state index in [0.717, 1.165) is 16.9 Å². The van der Waals surface area contributed by atoms with Crippen molar-refractivity contribution in [2.45, 2.75) is 12.5 Å². The molecule has 1 atom stereocenters. The second-order valence-corrected chi connectivity index (χ2v) is 8.23. The average molecular weight is 494 g/mol. The molecule has 0 saturated carbocycles. The highest BCUT2D eigenvalue weighted by Gasteiger charge is 2.33. The van der Waals surface area contributed by atoms with Gasteiger partial charge in [0.15, 0.2) is 23.0 Å². The summed E-state index contributed by atoms with van der Waals surface area (Å²) in [6.45, 7) is 0.778. The molecule has 0 radical (unpaired) electrons. The third kappa shape index (κ3) is 4.98. The van der Waals surface area contributed by atoms with Crippen LogP contribution in [0.4, 0.5) is 0 Å². The maximum absolute atomic E-state index is 13.8. The van der Waals surface area contributed by atoms with Crippen LogP contribution in [0.25, 0.3) is 0 Å². The van der Waals surface area contributed by atoms with Crippen LogP contribution in [0.15, 0.2) is 54.6 Å². The molecule has 1 amide bonds. The van der Waals surface area contributed by atoms with Crippen LogP contribution in [0.2, 0.25) is 0 Å². The maximum atomic E-state index is 13.8. The van der Waals surface area contributed by atoms with Gasteiger partial charge in [-0.05, 0) is 72.1 Å². The number of methoxy groups -OCH3 is 5. The Labute approximate surface area is 211 Å². The Balaban J connectivity index is 1.69. The van der Waals surface area contributed by atoms with E-state index in [1.165, 1.54) is 0 Å². The van der Waals surface area contributed by atoms with Gasteiger partial charge < -0.3 is 33.3 Å². The van der Waals surface area contributed by atoms with Crippen LogP contribution in [-0.4, -0.2) is 59.5 Å². The molecule has 0 unspecified atom stereocenters. The fraction of sp³-hybridized carbons (Fsp3) is 0.321. The predicted molar refractivity (Wildman–Crippen MR) is 135 cm³/mol. The fourth-order valence-corrected chi connectivity index (χ4v) is 4.43. The molecule has 0 fully saturated rings. The first-order valence-electron chi connectivity index (χ1n) is 11.6. The minimum Gasteiger partial charge on any atom is -0.497 e. The van der Waals surface area contributed by atoms with Gasteiger partial charge >= 0.3 is 0 Å². The Morgan fingerprint density at radius 2 is 1.36 bits per heavy atom. The van der Waals surface area contributed by atoms with Crippen molar-refractivity contribution in [2.75, 3.05) is 48.7 Å². The van der Waals surface area contributed by atoms with E-state index in [4.69, 9.17) is 28.4 Å². The summed E-state index contributed by atoms with van der Waals surface area (Å²) in [6.07, 6.45) is 0.674. The largest absolute Gasteiger partial charge is 0.497 e. The highest BCUT2D eigenvalue weighted by molar-refractivity contribution is 5.95. The van der Waals surface area contributed by atoms with Crippen molar-refractivity contribution in [1.29, 1.82) is 0 Å². The molecule has 1 aliphatic heterocycles. The number of ether oxygens (including phenoxy) is 6. The Bertz CT molecular complexity index is 1210. The zero-order chi connectivity index (χ0) is 25.7. The van der Waals surface area contributed by atoms with Crippen molar-refractivity contribution in [1.82, 2.24) is 4.90 Å². The van der Waals surface area contributed by atoms with Gasteiger partial charge in [-0.3, -0.25) is 4.79 Å². The van der Waals surface area contributed by atoms with Crippen LogP contribution in [0.1, 0.15) is 27.5 Å². The van der Waals surface area contributed by atoms with Crippen LogP contribution in [0, 0.1) is 0 Å². The minimum atomic E-state index is -0.351. The summed E-state index contributed by atoms with van der Waals surface area (Å²) in [4.78, 5) is 15.6. The molecular weight excluding hydrogens is 462 g/mol. The Morgan fingerprint density at radius 1 is 0.750 bits per heavy atom. The second-order valence-electron chi connectivity index (χ2n) is 8.23. The highest BCUT2D eigenvalue weighted by Crippen LogP contribution is 2.39. The first-order valence-corrected chi connectivity index (χ1v) is 11.6. The maximum Gasteiger partial charge on any atom is 0.254 e. The lowest BCUT2D eigenvalue weighted by Crippen LogP contribution is -2.42. The number of amides is 1. The molecule has 0 bridgehead atoms. The average Bonchev–Trinajstić information content (AvgIpc) is 2.94. The van der Waals surface area contributed by atoms with Gasteiger partial charge in [-0.1, -0.05) is 0 Å². The summed E-state index contributed by atoms with van der Waals surface area (Å²) in [7, 11) is 7.95. The zero-order valence-corrected chi connectivity index (χ0v) is 21.2. The first kappa shape index (κ1) is 25.0. The van der Waals surface area contributed by atoms with Crippen LogP contribution in [0.5, 0.6) is 34.5 Å². The topological polar surface area (TPSA) is 75.7 Å². The molecule has 190 valence electrons. The lowest BCUT2D eigenvalue weighted by atomic mass is 9.91. The van der Waals surface area contributed by atoms with E-state index in [-0.39, 0.29) is 18.6 Å².